The highest BCUT2D eigenvalue weighted by atomic mass is 32.2. The summed E-state index contributed by atoms with van der Waals surface area (Å²) in [5.74, 6) is 0.528. The monoisotopic (exact) mass is 318 g/mol. The molecule has 1 aliphatic rings. The van der Waals surface area contributed by atoms with Gasteiger partial charge >= 0.3 is 0 Å². The molecule has 21 heavy (non-hydrogen) atoms. The van der Waals surface area contributed by atoms with Crippen LogP contribution < -0.4 is 5.32 Å². The molecule has 1 aromatic carbocycles. The molecule has 2 aromatic rings. The van der Waals surface area contributed by atoms with Gasteiger partial charge in [0.25, 0.3) is 0 Å². The molecule has 0 fully saturated rings. The van der Waals surface area contributed by atoms with Crippen molar-refractivity contribution in [3.05, 3.63) is 46.5 Å². The SMILES string of the molecule is Cc1csc(SCC(=O)N[C@@H]2CCCc3ccccc32)n1. The fourth-order valence-electron chi connectivity index (χ4n) is 2.67. The number of amides is 1. The van der Waals surface area contributed by atoms with Crippen LogP contribution in [0.3, 0.4) is 0 Å². The smallest absolute Gasteiger partial charge is 0.230 e. The quantitative estimate of drug-likeness (QED) is 0.873. The van der Waals surface area contributed by atoms with Crippen LogP contribution in [0.4, 0.5) is 0 Å². The van der Waals surface area contributed by atoms with Crippen LogP contribution in [-0.4, -0.2) is 16.6 Å². The summed E-state index contributed by atoms with van der Waals surface area (Å²) in [6, 6.07) is 8.60. The molecule has 3 rings (SSSR count). The first-order chi connectivity index (χ1) is 10.2. The normalized spacial score (nSPS) is 17.3. The fourth-order valence-corrected chi connectivity index (χ4v) is 4.33. The maximum atomic E-state index is 12.1. The van der Waals surface area contributed by atoms with Crippen molar-refractivity contribution in [2.75, 3.05) is 5.75 Å². The Balaban J connectivity index is 1.58. The summed E-state index contributed by atoms with van der Waals surface area (Å²) in [5, 5.41) is 5.18. The van der Waals surface area contributed by atoms with Crippen LogP contribution in [0.1, 0.15) is 35.7 Å². The molecule has 0 spiro atoms. The summed E-state index contributed by atoms with van der Waals surface area (Å²) in [6.45, 7) is 1.97. The molecule has 1 amide bonds. The second-order valence-corrected chi connectivity index (χ2v) is 7.34. The van der Waals surface area contributed by atoms with E-state index in [-0.39, 0.29) is 11.9 Å². The number of thiazole rings is 1. The second kappa shape index (κ2) is 6.62. The molecule has 110 valence electrons. The number of nitrogens with one attached hydrogen (secondary N) is 1. The Morgan fingerprint density at radius 1 is 1.48 bits per heavy atom. The maximum Gasteiger partial charge on any atom is 0.230 e. The number of carbonyl (C=O) groups excluding carboxylic acids is 1. The van der Waals surface area contributed by atoms with E-state index in [2.05, 4.69) is 34.6 Å². The van der Waals surface area contributed by atoms with Gasteiger partial charge in [-0.1, -0.05) is 36.0 Å². The number of nitrogens with zero attached hydrogens (tertiary/aromatic N) is 1. The minimum atomic E-state index is 0.0922. The van der Waals surface area contributed by atoms with E-state index in [9.17, 15) is 4.79 Å². The van der Waals surface area contributed by atoms with E-state index in [4.69, 9.17) is 0 Å². The average molecular weight is 318 g/mol. The third-order valence-electron chi connectivity index (χ3n) is 3.63. The van der Waals surface area contributed by atoms with Crippen molar-refractivity contribution in [1.82, 2.24) is 10.3 Å². The number of aromatic nitrogens is 1. The van der Waals surface area contributed by atoms with Crippen LogP contribution in [0.5, 0.6) is 0 Å². The third-order valence-corrected chi connectivity index (χ3v) is 5.77. The number of fused-ring (bicyclic) bond motifs is 1. The van der Waals surface area contributed by atoms with Gasteiger partial charge in [0.05, 0.1) is 11.8 Å². The lowest BCUT2D eigenvalue weighted by molar-refractivity contribution is -0.119. The van der Waals surface area contributed by atoms with E-state index in [1.165, 1.54) is 22.9 Å². The molecule has 5 heteroatoms. The van der Waals surface area contributed by atoms with Gasteiger partial charge < -0.3 is 5.32 Å². The molecule has 1 aliphatic carbocycles. The molecule has 1 N–H and O–H groups in total. The number of carbonyl (C=O) groups is 1. The molecular formula is C16H18N2OS2. The summed E-state index contributed by atoms with van der Waals surface area (Å²) in [5.41, 5.74) is 3.67. The number of rotatable bonds is 4. The molecule has 1 aromatic heterocycles. The number of hydrogen-bond donors (Lipinski definition) is 1. The lowest BCUT2D eigenvalue weighted by Crippen LogP contribution is -2.32. The van der Waals surface area contributed by atoms with Gasteiger partial charge in [0.15, 0.2) is 4.34 Å². The Bertz CT molecular complexity index is 639. The Hall–Kier alpha value is -1.33. The maximum absolute atomic E-state index is 12.1. The minimum absolute atomic E-state index is 0.0922. The van der Waals surface area contributed by atoms with Crippen molar-refractivity contribution in [2.45, 2.75) is 36.6 Å². The van der Waals surface area contributed by atoms with Crippen LogP contribution in [-0.2, 0) is 11.2 Å². The van der Waals surface area contributed by atoms with E-state index >= 15 is 0 Å². The first kappa shape index (κ1) is 14.6. The van der Waals surface area contributed by atoms with Gasteiger partial charge in [0.2, 0.25) is 5.91 Å². The average Bonchev–Trinajstić information content (AvgIpc) is 2.91. The second-order valence-electron chi connectivity index (χ2n) is 5.25. The van der Waals surface area contributed by atoms with Crippen LogP contribution >= 0.6 is 23.1 Å². The first-order valence-electron chi connectivity index (χ1n) is 7.14. The zero-order chi connectivity index (χ0) is 14.7. The molecule has 0 bridgehead atoms. The van der Waals surface area contributed by atoms with E-state index in [0.717, 1.165) is 29.3 Å². The fraction of sp³-hybridized carbons (Fsp3) is 0.375. The number of hydrogen-bond acceptors (Lipinski definition) is 4. The van der Waals surface area contributed by atoms with Gasteiger partial charge in [-0.25, -0.2) is 4.98 Å². The van der Waals surface area contributed by atoms with Gasteiger partial charge in [-0.05, 0) is 37.3 Å². The van der Waals surface area contributed by atoms with Gasteiger partial charge in [-0.15, -0.1) is 11.3 Å². The van der Waals surface area contributed by atoms with E-state index in [0.29, 0.717) is 5.75 Å². The van der Waals surface area contributed by atoms with Crippen molar-refractivity contribution in [3.63, 3.8) is 0 Å². The molecule has 0 radical (unpaired) electrons. The van der Waals surface area contributed by atoms with Gasteiger partial charge in [-0.2, -0.15) is 0 Å². The van der Waals surface area contributed by atoms with Crippen molar-refractivity contribution in [1.29, 1.82) is 0 Å². The predicted molar refractivity (Wildman–Crippen MR) is 87.8 cm³/mol. The van der Waals surface area contributed by atoms with E-state index in [1.54, 1.807) is 11.3 Å². The van der Waals surface area contributed by atoms with Crippen molar-refractivity contribution in [3.8, 4) is 0 Å². The summed E-state index contributed by atoms with van der Waals surface area (Å²) in [6.07, 6.45) is 3.29. The molecular weight excluding hydrogens is 300 g/mol. The summed E-state index contributed by atoms with van der Waals surface area (Å²) < 4.78 is 0.965. The minimum Gasteiger partial charge on any atom is -0.349 e. The molecule has 0 aliphatic heterocycles. The van der Waals surface area contributed by atoms with Crippen LogP contribution in [0.15, 0.2) is 34.0 Å². The zero-order valence-corrected chi connectivity index (χ0v) is 13.6. The van der Waals surface area contributed by atoms with Crippen LogP contribution in [0.25, 0.3) is 0 Å². The van der Waals surface area contributed by atoms with Crippen molar-refractivity contribution < 1.29 is 4.79 Å². The Morgan fingerprint density at radius 2 is 2.33 bits per heavy atom. The highest BCUT2D eigenvalue weighted by Crippen LogP contribution is 2.29. The predicted octanol–water partition coefficient (Wildman–Crippen LogP) is 3.74. The van der Waals surface area contributed by atoms with Gasteiger partial charge in [0, 0.05) is 11.1 Å². The van der Waals surface area contributed by atoms with Crippen molar-refractivity contribution >= 4 is 29.0 Å². The standard InChI is InChI=1S/C16H18N2OS2/c1-11-9-20-16(17-11)21-10-15(19)18-14-8-4-6-12-5-2-3-7-13(12)14/h2-3,5,7,9,14H,4,6,8,10H2,1H3,(H,18,19)/t14-/m1/s1. The van der Waals surface area contributed by atoms with Crippen molar-refractivity contribution in [2.24, 2.45) is 0 Å². The lowest BCUT2D eigenvalue weighted by Gasteiger charge is -2.26. The Morgan fingerprint density at radius 3 is 3.14 bits per heavy atom. The van der Waals surface area contributed by atoms with Crippen LogP contribution in [0, 0.1) is 6.92 Å². The zero-order valence-electron chi connectivity index (χ0n) is 12.0. The Labute approximate surface area is 133 Å². The summed E-state index contributed by atoms with van der Waals surface area (Å²) in [7, 11) is 0. The number of aryl methyl sites for hydroxylation is 2. The molecule has 0 saturated carbocycles. The highest BCUT2D eigenvalue weighted by molar-refractivity contribution is 8.01. The third kappa shape index (κ3) is 3.66. The molecule has 0 unspecified atom stereocenters. The highest BCUT2D eigenvalue weighted by Gasteiger charge is 2.21. The van der Waals surface area contributed by atoms with E-state index < -0.39 is 0 Å². The largest absolute Gasteiger partial charge is 0.349 e. The Kier molecular flexibility index (Phi) is 4.60. The summed E-state index contributed by atoms with van der Waals surface area (Å²) in [4.78, 5) is 16.5. The van der Waals surface area contributed by atoms with E-state index in [1.807, 2.05) is 12.3 Å². The topological polar surface area (TPSA) is 42.0 Å². The first-order valence-corrected chi connectivity index (χ1v) is 9.01. The van der Waals surface area contributed by atoms with Gasteiger partial charge in [-0.3, -0.25) is 4.79 Å². The number of thioether (sulfide) groups is 1. The molecule has 3 nitrogen and oxygen atoms in total. The van der Waals surface area contributed by atoms with Gasteiger partial charge in [0.1, 0.15) is 0 Å². The van der Waals surface area contributed by atoms with Crippen LogP contribution in [0.2, 0.25) is 0 Å². The molecule has 1 heterocycles. The molecule has 1 atom stereocenters. The summed E-state index contributed by atoms with van der Waals surface area (Å²) >= 11 is 3.11. The lowest BCUT2D eigenvalue weighted by atomic mass is 9.88. The number of benzene rings is 1. The molecule has 0 saturated heterocycles.